The highest BCUT2D eigenvalue weighted by Crippen LogP contribution is 2.33. The molecule has 1 saturated carbocycles. The van der Waals surface area contributed by atoms with Gasteiger partial charge in [-0.25, -0.2) is 4.79 Å². The summed E-state index contributed by atoms with van der Waals surface area (Å²) in [5.74, 6) is 0.204. The molecule has 1 N–H and O–H groups in total. The molecule has 1 aliphatic heterocycles. The molecule has 2 aliphatic rings. The van der Waals surface area contributed by atoms with Crippen molar-refractivity contribution in [2.24, 2.45) is 5.92 Å². The molecule has 1 heterocycles. The van der Waals surface area contributed by atoms with Crippen LogP contribution in [-0.2, 0) is 16.1 Å². The summed E-state index contributed by atoms with van der Waals surface area (Å²) >= 11 is 6.12. The van der Waals surface area contributed by atoms with Gasteiger partial charge >= 0.3 is 12.0 Å². The summed E-state index contributed by atoms with van der Waals surface area (Å²) in [7, 11) is 1.61. The van der Waals surface area contributed by atoms with Crippen molar-refractivity contribution >= 4 is 29.5 Å². The molecule has 0 radical (unpaired) electrons. The lowest BCUT2D eigenvalue weighted by Crippen LogP contribution is -2.35. The molecule has 0 bridgehead atoms. The maximum atomic E-state index is 12.1. The summed E-state index contributed by atoms with van der Waals surface area (Å²) in [6, 6.07) is 12.9. The molecule has 1 saturated heterocycles. The molecule has 2 aromatic carbocycles. The Hall–Kier alpha value is -3.10. The van der Waals surface area contributed by atoms with Crippen molar-refractivity contribution in [3.05, 3.63) is 64.2 Å². The summed E-state index contributed by atoms with van der Waals surface area (Å²) in [4.78, 5) is 40.8. The van der Waals surface area contributed by atoms with E-state index in [0.29, 0.717) is 23.2 Å². The highest BCUT2D eigenvalue weighted by molar-refractivity contribution is 6.30. The van der Waals surface area contributed by atoms with Crippen LogP contribution in [0.15, 0.2) is 42.5 Å². The van der Waals surface area contributed by atoms with E-state index in [-0.39, 0.29) is 44.1 Å². The monoisotopic (exact) mass is 541 g/mol. The highest BCUT2D eigenvalue weighted by atomic mass is 35.5. The van der Waals surface area contributed by atoms with Gasteiger partial charge in [-0.05, 0) is 60.6 Å². The van der Waals surface area contributed by atoms with Crippen LogP contribution in [-0.4, -0.2) is 71.0 Å². The fourth-order valence-corrected chi connectivity index (χ4v) is 5.60. The Kier molecular flexibility index (Phi) is 9.28. The van der Waals surface area contributed by atoms with Gasteiger partial charge in [0.2, 0.25) is 5.91 Å². The zero-order valence-corrected chi connectivity index (χ0v) is 22.8. The van der Waals surface area contributed by atoms with Gasteiger partial charge in [-0.1, -0.05) is 48.7 Å². The number of carboxylic acid groups (broad SMARTS) is 1. The van der Waals surface area contributed by atoms with Crippen LogP contribution in [0.1, 0.15) is 54.8 Å². The van der Waals surface area contributed by atoms with Gasteiger partial charge in [0.25, 0.3) is 0 Å². The number of imide groups is 1. The van der Waals surface area contributed by atoms with Gasteiger partial charge in [-0.2, -0.15) is 0 Å². The molecular weight excluding hydrogens is 506 g/mol. The van der Waals surface area contributed by atoms with Crippen LogP contribution in [0.5, 0.6) is 5.75 Å². The van der Waals surface area contributed by atoms with E-state index in [1.165, 1.54) is 35.5 Å². The van der Waals surface area contributed by atoms with E-state index in [1.54, 1.807) is 7.05 Å². The van der Waals surface area contributed by atoms with Gasteiger partial charge in [-0.3, -0.25) is 19.4 Å². The third kappa shape index (κ3) is 7.05. The number of likely N-dealkylation sites (N-methyl/N-ethyl adjacent to an activating group) is 1. The minimum Gasteiger partial charge on any atom is -0.491 e. The van der Waals surface area contributed by atoms with Crippen molar-refractivity contribution in [1.82, 2.24) is 14.7 Å². The molecule has 2 fully saturated rings. The fraction of sp³-hybridized carbons (Fsp3) is 0.483. The highest BCUT2D eigenvalue weighted by Gasteiger charge is 2.33. The van der Waals surface area contributed by atoms with E-state index in [2.05, 4.69) is 11.0 Å². The molecule has 9 heteroatoms. The van der Waals surface area contributed by atoms with Crippen LogP contribution >= 0.6 is 11.6 Å². The Morgan fingerprint density at radius 2 is 1.87 bits per heavy atom. The molecule has 1 atom stereocenters. The van der Waals surface area contributed by atoms with Gasteiger partial charge in [0, 0.05) is 31.2 Å². The van der Waals surface area contributed by atoms with Crippen LogP contribution in [0.4, 0.5) is 4.79 Å². The third-order valence-corrected chi connectivity index (χ3v) is 7.71. The number of aliphatic carboxylic acids is 1. The van der Waals surface area contributed by atoms with Gasteiger partial charge in [0.05, 0.1) is 13.0 Å². The molecule has 204 valence electrons. The molecule has 0 spiro atoms. The quantitative estimate of drug-likeness (QED) is 0.375. The largest absolute Gasteiger partial charge is 0.491 e. The first-order valence-electron chi connectivity index (χ1n) is 13.2. The van der Waals surface area contributed by atoms with E-state index >= 15 is 0 Å². The SMILES string of the molecule is Cc1cc(CN(CC2CCCC2)C(CC(=O)O)c2ccc(Cl)cc2)ccc1OCCN1C(=O)CN(C)C1=O. The Bertz CT molecular complexity index is 1150. The van der Waals surface area contributed by atoms with Gasteiger partial charge in [-0.15, -0.1) is 0 Å². The predicted octanol–water partition coefficient (Wildman–Crippen LogP) is 5.13. The zero-order chi connectivity index (χ0) is 27.2. The van der Waals surface area contributed by atoms with E-state index in [4.69, 9.17) is 16.3 Å². The first-order valence-corrected chi connectivity index (χ1v) is 13.6. The second kappa shape index (κ2) is 12.6. The van der Waals surface area contributed by atoms with Crippen LogP contribution in [0.25, 0.3) is 0 Å². The average Bonchev–Trinajstić information content (AvgIpc) is 3.47. The number of carbonyl (C=O) groups is 3. The van der Waals surface area contributed by atoms with Crippen LogP contribution in [0.2, 0.25) is 5.02 Å². The number of urea groups is 1. The maximum absolute atomic E-state index is 12.1. The Labute approximate surface area is 229 Å². The number of amides is 3. The van der Waals surface area contributed by atoms with E-state index in [1.807, 2.05) is 43.3 Å². The van der Waals surface area contributed by atoms with Crippen molar-refractivity contribution < 1.29 is 24.2 Å². The predicted molar refractivity (Wildman–Crippen MR) is 145 cm³/mol. The zero-order valence-electron chi connectivity index (χ0n) is 22.1. The third-order valence-electron chi connectivity index (χ3n) is 7.46. The lowest BCUT2D eigenvalue weighted by molar-refractivity contribution is -0.138. The first kappa shape index (κ1) is 27.9. The lowest BCUT2D eigenvalue weighted by atomic mass is 9.98. The molecule has 4 rings (SSSR count). The fourth-order valence-electron chi connectivity index (χ4n) is 5.48. The van der Waals surface area contributed by atoms with Crippen molar-refractivity contribution in [2.75, 3.05) is 33.3 Å². The minimum atomic E-state index is -0.831. The van der Waals surface area contributed by atoms with Crippen LogP contribution in [0, 0.1) is 12.8 Å². The van der Waals surface area contributed by atoms with Crippen molar-refractivity contribution in [1.29, 1.82) is 0 Å². The molecule has 1 unspecified atom stereocenters. The summed E-state index contributed by atoms with van der Waals surface area (Å²) < 4.78 is 5.91. The number of nitrogens with zero attached hydrogens (tertiary/aromatic N) is 3. The second-order valence-electron chi connectivity index (χ2n) is 10.4. The number of halogens is 1. The smallest absolute Gasteiger partial charge is 0.327 e. The minimum absolute atomic E-state index is 0.0116. The van der Waals surface area contributed by atoms with Crippen molar-refractivity contribution in [2.45, 2.75) is 51.6 Å². The molecule has 8 nitrogen and oxygen atoms in total. The number of carboxylic acids is 1. The number of hydrogen-bond acceptors (Lipinski definition) is 5. The average molecular weight is 542 g/mol. The van der Waals surface area contributed by atoms with Crippen molar-refractivity contribution in [3.8, 4) is 5.75 Å². The Morgan fingerprint density at radius 1 is 1.16 bits per heavy atom. The molecule has 0 aromatic heterocycles. The number of carbonyl (C=O) groups excluding carboxylic acids is 2. The van der Waals surface area contributed by atoms with E-state index in [9.17, 15) is 19.5 Å². The summed E-state index contributed by atoms with van der Waals surface area (Å²) in [6.07, 6.45) is 4.79. The number of aryl methyl sites for hydroxylation is 1. The van der Waals surface area contributed by atoms with Crippen molar-refractivity contribution in [3.63, 3.8) is 0 Å². The second-order valence-corrected chi connectivity index (χ2v) is 10.8. The van der Waals surface area contributed by atoms with Gasteiger partial charge < -0.3 is 14.7 Å². The first-order chi connectivity index (χ1) is 18.2. The molecule has 3 amide bonds. The maximum Gasteiger partial charge on any atom is 0.327 e. The van der Waals surface area contributed by atoms with E-state index < -0.39 is 5.97 Å². The molecule has 1 aliphatic carbocycles. The lowest BCUT2D eigenvalue weighted by Gasteiger charge is -2.33. The van der Waals surface area contributed by atoms with Gasteiger partial charge in [0.15, 0.2) is 0 Å². The van der Waals surface area contributed by atoms with E-state index in [0.717, 1.165) is 23.2 Å². The summed E-state index contributed by atoms with van der Waals surface area (Å²) in [5.41, 5.74) is 2.97. The number of hydrogen-bond donors (Lipinski definition) is 1. The number of ether oxygens (including phenoxy) is 1. The normalized spacial score (nSPS) is 17.1. The Morgan fingerprint density at radius 3 is 2.47 bits per heavy atom. The van der Waals surface area contributed by atoms with Gasteiger partial charge in [0.1, 0.15) is 18.9 Å². The van der Waals surface area contributed by atoms with Crippen LogP contribution < -0.4 is 4.74 Å². The molecular formula is C29H36ClN3O5. The number of benzene rings is 2. The summed E-state index contributed by atoms with van der Waals surface area (Å²) in [6.45, 7) is 3.94. The molecule has 2 aromatic rings. The molecule has 38 heavy (non-hydrogen) atoms. The topological polar surface area (TPSA) is 90.4 Å². The summed E-state index contributed by atoms with van der Waals surface area (Å²) in [5, 5.41) is 10.4. The number of rotatable bonds is 12. The Balaban J connectivity index is 1.47. The standard InChI is InChI=1S/C29H36ClN3O5/c1-20-15-22(7-12-26(20)38-14-13-33-27(34)19-31(2)29(33)37)18-32(17-21-5-3-4-6-21)25(16-28(35)36)23-8-10-24(30)11-9-23/h7-12,15,21,25H,3-6,13-14,16-19H2,1-2H3,(H,35,36). The van der Waals surface area contributed by atoms with Crippen LogP contribution in [0.3, 0.4) is 0 Å².